The monoisotopic (exact) mass is 440 g/mol. The van der Waals surface area contributed by atoms with E-state index in [4.69, 9.17) is 9.47 Å². The maximum atomic E-state index is 12.4. The Hall–Kier alpha value is -3.63. The van der Waals surface area contributed by atoms with E-state index in [-0.39, 0.29) is 19.8 Å². The van der Waals surface area contributed by atoms with Crippen molar-refractivity contribution >= 4 is 12.0 Å². The quantitative estimate of drug-likeness (QED) is 0.641. The van der Waals surface area contributed by atoms with Gasteiger partial charge in [0.2, 0.25) is 6.79 Å². The number of benzene rings is 2. The lowest BCUT2D eigenvalue weighted by Crippen LogP contribution is -2.38. The van der Waals surface area contributed by atoms with Crippen molar-refractivity contribution in [2.24, 2.45) is 0 Å². The predicted octanol–water partition coefficient (Wildman–Crippen LogP) is 3.42. The molecule has 2 aromatic carbocycles. The molecule has 2 amide bonds. The van der Waals surface area contributed by atoms with Gasteiger partial charge in [-0.15, -0.1) is 13.2 Å². The molecule has 0 radical (unpaired) electrons. The number of halogens is 3. The summed E-state index contributed by atoms with van der Waals surface area (Å²) < 4.78 is 55.9. The molecule has 0 aliphatic carbocycles. The van der Waals surface area contributed by atoms with E-state index in [2.05, 4.69) is 20.1 Å². The van der Waals surface area contributed by atoms with Crippen LogP contribution in [0, 0.1) is 0 Å². The third-order valence-corrected chi connectivity index (χ3v) is 4.31. The van der Waals surface area contributed by atoms with Gasteiger partial charge in [-0.2, -0.15) is 0 Å². The number of fused-ring (bicyclic) bond motifs is 1. The fourth-order valence-electron chi connectivity index (χ4n) is 2.85. The van der Waals surface area contributed by atoms with Crippen molar-refractivity contribution in [1.82, 2.24) is 10.6 Å². The van der Waals surface area contributed by atoms with Gasteiger partial charge in [-0.1, -0.05) is 18.2 Å². The molecule has 0 bridgehead atoms. The topological polar surface area (TPSA) is 95.1 Å². The molecule has 0 fully saturated rings. The summed E-state index contributed by atoms with van der Waals surface area (Å²) in [5.41, 5.74) is 1.16. The first-order valence-electron chi connectivity index (χ1n) is 9.09. The number of urea groups is 1. The number of esters is 1. The van der Waals surface area contributed by atoms with Crippen LogP contribution in [0.3, 0.4) is 0 Å². The Morgan fingerprint density at radius 2 is 1.81 bits per heavy atom. The van der Waals surface area contributed by atoms with Crippen molar-refractivity contribution in [1.29, 1.82) is 0 Å². The maximum absolute atomic E-state index is 12.4. The van der Waals surface area contributed by atoms with Crippen LogP contribution in [0.4, 0.5) is 18.0 Å². The summed E-state index contributed by atoms with van der Waals surface area (Å²) in [6.45, 7) is 0.306. The number of alkyl halides is 3. The summed E-state index contributed by atoms with van der Waals surface area (Å²) >= 11 is 0. The predicted molar refractivity (Wildman–Crippen MR) is 100 cm³/mol. The minimum Gasteiger partial charge on any atom is -0.469 e. The summed E-state index contributed by atoms with van der Waals surface area (Å²) in [5.74, 6) is 0.172. The molecule has 0 spiro atoms. The SMILES string of the molecule is COC(=O)C[C@H](NC(=O)NCc1ccc2c(c1)OCO2)c1ccc(OC(F)(F)F)cc1. The van der Waals surface area contributed by atoms with E-state index in [1.165, 1.54) is 19.2 Å². The lowest BCUT2D eigenvalue weighted by Gasteiger charge is -2.19. The van der Waals surface area contributed by atoms with Gasteiger partial charge < -0.3 is 29.6 Å². The molecule has 1 heterocycles. The molecule has 1 atom stereocenters. The van der Waals surface area contributed by atoms with Gasteiger partial charge in [-0.05, 0) is 35.4 Å². The second-order valence-corrected chi connectivity index (χ2v) is 6.46. The highest BCUT2D eigenvalue weighted by atomic mass is 19.4. The first-order chi connectivity index (χ1) is 14.7. The number of hydrogen-bond acceptors (Lipinski definition) is 6. The summed E-state index contributed by atoms with van der Waals surface area (Å²) in [6.07, 6.45) is -5.03. The molecular formula is C20H19F3N2O6. The van der Waals surface area contributed by atoms with Crippen LogP contribution in [0.1, 0.15) is 23.6 Å². The average Bonchev–Trinajstić information content (AvgIpc) is 3.19. The van der Waals surface area contributed by atoms with Gasteiger partial charge in [0, 0.05) is 6.54 Å². The summed E-state index contributed by atoms with van der Waals surface area (Å²) in [6, 6.07) is 8.65. The van der Waals surface area contributed by atoms with Crippen LogP contribution in [0.25, 0.3) is 0 Å². The molecule has 1 aliphatic heterocycles. The fraction of sp³-hybridized carbons (Fsp3) is 0.300. The Morgan fingerprint density at radius 3 is 2.48 bits per heavy atom. The zero-order valence-corrected chi connectivity index (χ0v) is 16.3. The molecular weight excluding hydrogens is 421 g/mol. The van der Waals surface area contributed by atoms with Crippen molar-refractivity contribution in [2.45, 2.75) is 25.4 Å². The van der Waals surface area contributed by atoms with E-state index in [0.29, 0.717) is 17.1 Å². The van der Waals surface area contributed by atoms with Gasteiger partial charge in [0.1, 0.15) is 5.75 Å². The number of nitrogens with one attached hydrogen (secondary N) is 2. The molecule has 31 heavy (non-hydrogen) atoms. The molecule has 2 aromatic rings. The Morgan fingerprint density at radius 1 is 1.10 bits per heavy atom. The van der Waals surface area contributed by atoms with Gasteiger partial charge in [-0.25, -0.2) is 4.79 Å². The molecule has 2 N–H and O–H groups in total. The first-order valence-corrected chi connectivity index (χ1v) is 9.09. The second-order valence-electron chi connectivity index (χ2n) is 6.46. The van der Waals surface area contributed by atoms with Crippen LogP contribution in [0.5, 0.6) is 17.2 Å². The normalized spacial score (nSPS) is 13.3. The van der Waals surface area contributed by atoms with Crippen LogP contribution in [-0.2, 0) is 16.1 Å². The number of carbonyl (C=O) groups excluding carboxylic acids is 2. The van der Waals surface area contributed by atoms with Crippen molar-refractivity contribution in [3.63, 3.8) is 0 Å². The number of methoxy groups -OCH3 is 1. The van der Waals surface area contributed by atoms with Crippen molar-refractivity contribution in [2.75, 3.05) is 13.9 Å². The highest BCUT2D eigenvalue weighted by molar-refractivity contribution is 5.76. The van der Waals surface area contributed by atoms with Crippen LogP contribution in [0.2, 0.25) is 0 Å². The standard InChI is InChI=1S/C20H19F3N2O6/c1-28-18(26)9-15(13-3-5-14(6-4-13)31-20(21,22)23)25-19(27)24-10-12-2-7-16-17(8-12)30-11-29-16/h2-8,15H,9-11H2,1H3,(H2,24,25,27)/t15-/m0/s1. The van der Waals surface area contributed by atoms with Crippen LogP contribution in [-0.4, -0.2) is 32.3 Å². The third-order valence-electron chi connectivity index (χ3n) is 4.31. The van der Waals surface area contributed by atoms with E-state index >= 15 is 0 Å². The molecule has 1 aliphatic rings. The first kappa shape index (κ1) is 22.1. The summed E-state index contributed by atoms with van der Waals surface area (Å²) in [7, 11) is 1.19. The lowest BCUT2D eigenvalue weighted by atomic mass is 10.0. The van der Waals surface area contributed by atoms with E-state index in [1.54, 1.807) is 18.2 Å². The van der Waals surface area contributed by atoms with E-state index in [9.17, 15) is 22.8 Å². The smallest absolute Gasteiger partial charge is 0.469 e. The lowest BCUT2D eigenvalue weighted by molar-refractivity contribution is -0.274. The van der Waals surface area contributed by atoms with Crippen molar-refractivity contribution in [3.8, 4) is 17.2 Å². The van der Waals surface area contributed by atoms with Gasteiger partial charge in [0.15, 0.2) is 11.5 Å². The molecule has 11 heteroatoms. The zero-order valence-electron chi connectivity index (χ0n) is 16.3. The Labute approximate surface area is 175 Å². The van der Waals surface area contributed by atoms with E-state index in [1.807, 2.05) is 0 Å². The summed E-state index contributed by atoms with van der Waals surface area (Å²) in [4.78, 5) is 24.1. The zero-order chi connectivity index (χ0) is 22.4. The molecule has 0 saturated heterocycles. The number of rotatable bonds is 7. The van der Waals surface area contributed by atoms with Gasteiger partial charge in [0.25, 0.3) is 0 Å². The van der Waals surface area contributed by atoms with Crippen LogP contribution >= 0.6 is 0 Å². The third kappa shape index (κ3) is 6.43. The van der Waals surface area contributed by atoms with E-state index in [0.717, 1.165) is 17.7 Å². The van der Waals surface area contributed by atoms with Crippen LogP contribution in [0.15, 0.2) is 42.5 Å². The maximum Gasteiger partial charge on any atom is 0.573 e. The Kier molecular flexibility index (Phi) is 6.73. The second kappa shape index (κ2) is 9.45. The number of hydrogen-bond donors (Lipinski definition) is 2. The van der Waals surface area contributed by atoms with E-state index < -0.39 is 30.2 Å². The summed E-state index contributed by atoms with van der Waals surface area (Å²) in [5, 5.41) is 5.27. The van der Waals surface area contributed by atoms with Gasteiger partial charge in [0.05, 0.1) is 19.6 Å². The van der Waals surface area contributed by atoms with Crippen molar-refractivity contribution < 1.29 is 41.7 Å². The highest BCUT2D eigenvalue weighted by Crippen LogP contribution is 2.32. The fourth-order valence-corrected chi connectivity index (χ4v) is 2.85. The Bertz CT molecular complexity index is 934. The van der Waals surface area contributed by atoms with Gasteiger partial charge in [-0.3, -0.25) is 4.79 Å². The molecule has 0 saturated carbocycles. The largest absolute Gasteiger partial charge is 0.573 e. The number of amides is 2. The minimum atomic E-state index is -4.82. The Balaban J connectivity index is 1.63. The molecule has 0 aromatic heterocycles. The van der Waals surface area contributed by atoms with Crippen LogP contribution < -0.4 is 24.8 Å². The number of ether oxygens (including phenoxy) is 4. The molecule has 0 unspecified atom stereocenters. The number of carbonyl (C=O) groups is 2. The minimum absolute atomic E-state index is 0.134. The molecule has 166 valence electrons. The molecule has 8 nitrogen and oxygen atoms in total. The van der Waals surface area contributed by atoms with Gasteiger partial charge >= 0.3 is 18.4 Å². The highest BCUT2D eigenvalue weighted by Gasteiger charge is 2.31. The average molecular weight is 440 g/mol. The molecule has 3 rings (SSSR count). The van der Waals surface area contributed by atoms with Crippen molar-refractivity contribution in [3.05, 3.63) is 53.6 Å².